The van der Waals surface area contributed by atoms with Crippen LogP contribution in [0.5, 0.6) is 0 Å². The molecule has 1 aromatic carbocycles. The lowest BCUT2D eigenvalue weighted by atomic mass is 9.97. The first kappa shape index (κ1) is 15.5. The van der Waals surface area contributed by atoms with Crippen LogP contribution in [0.3, 0.4) is 0 Å². The van der Waals surface area contributed by atoms with Gasteiger partial charge in [0.25, 0.3) is 5.91 Å². The first-order chi connectivity index (χ1) is 10.7. The minimum absolute atomic E-state index is 0.0984. The molecule has 120 valence electrons. The molecule has 2 fully saturated rings. The average molecular weight is 304 g/mol. The fourth-order valence-corrected chi connectivity index (χ4v) is 3.45. The number of morpholine rings is 1. The van der Waals surface area contributed by atoms with E-state index < -0.39 is 0 Å². The van der Waals surface area contributed by atoms with Crippen LogP contribution in [0.15, 0.2) is 24.3 Å². The quantitative estimate of drug-likeness (QED) is 0.846. The molecule has 0 aliphatic carbocycles. The maximum atomic E-state index is 13.1. The molecular weight excluding hydrogens is 280 g/mol. The third-order valence-corrected chi connectivity index (χ3v) is 4.60. The highest BCUT2D eigenvalue weighted by atomic mass is 16.5. The molecule has 22 heavy (non-hydrogen) atoms. The van der Waals surface area contributed by atoms with Crippen molar-refractivity contribution in [3.05, 3.63) is 35.4 Å². The summed E-state index contributed by atoms with van der Waals surface area (Å²) < 4.78 is 11.1. The second kappa shape index (κ2) is 6.77. The van der Waals surface area contributed by atoms with E-state index in [2.05, 4.69) is 11.9 Å². The Morgan fingerprint density at radius 1 is 1.36 bits per heavy atom. The molecule has 2 heterocycles. The van der Waals surface area contributed by atoms with Crippen molar-refractivity contribution in [1.82, 2.24) is 9.80 Å². The van der Waals surface area contributed by atoms with Crippen LogP contribution in [0.2, 0.25) is 0 Å². The van der Waals surface area contributed by atoms with Gasteiger partial charge in [-0.25, -0.2) is 0 Å². The number of likely N-dealkylation sites (N-methyl/N-ethyl adjacent to an activating group) is 1. The summed E-state index contributed by atoms with van der Waals surface area (Å²) >= 11 is 0. The molecule has 1 amide bonds. The summed E-state index contributed by atoms with van der Waals surface area (Å²) in [5.41, 5.74) is 1.69. The zero-order valence-electron chi connectivity index (χ0n) is 13.3. The molecular formula is C17H24N2O3. The lowest BCUT2D eigenvalue weighted by molar-refractivity contribution is -0.0870. The van der Waals surface area contributed by atoms with Crippen molar-refractivity contribution < 1.29 is 14.3 Å². The number of nitrogens with zero attached hydrogens (tertiary/aromatic N) is 2. The third kappa shape index (κ3) is 3.02. The van der Waals surface area contributed by atoms with E-state index >= 15 is 0 Å². The minimum Gasteiger partial charge on any atom is -0.380 e. The maximum Gasteiger partial charge on any atom is 0.254 e. The molecule has 0 bridgehead atoms. The van der Waals surface area contributed by atoms with E-state index in [1.807, 2.05) is 29.2 Å². The second-order valence-corrected chi connectivity index (χ2v) is 6.12. The van der Waals surface area contributed by atoms with Gasteiger partial charge in [-0.05, 0) is 25.1 Å². The molecule has 2 atom stereocenters. The van der Waals surface area contributed by atoms with Crippen molar-refractivity contribution in [1.29, 1.82) is 0 Å². The Hall–Kier alpha value is -1.43. The summed E-state index contributed by atoms with van der Waals surface area (Å²) in [6, 6.07) is 7.87. The first-order valence-corrected chi connectivity index (χ1v) is 7.88. The highest BCUT2D eigenvalue weighted by molar-refractivity contribution is 5.96. The van der Waals surface area contributed by atoms with Crippen molar-refractivity contribution in [3.63, 3.8) is 0 Å². The summed E-state index contributed by atoms with van der Waals surface area (Å²) in [5.74, 6) is 0.0984. The predicted octanol–water partition coefficient (Wildman–Crippen LogP) is 1.38. The molecule has 0 N–H and O–H groups in total. The van der Waals surface area contributed by atoms with Crippen LogP contribution in [0.1, 0.15) is 22.3 Å². The van der Waals surface area contributed by atoms with Crippen molar-refractivity contribution in [2.45, 2.75) is 25.2 Å². The lowest BCUT2D eigenvalue weighted by Crippen LogP contribution is -2.60. The minimum atomic E-state index is 0.0984. The third-order valence-electron chi connectivity index (χ3n) is 4.60. The average Bonchev–Trinajstić information content (AvgIpc) is 2.54. The summed E-state index contributed by atoms with van der Waals surface area (Å²) in [6.07, 6.45) is 1.16. The van der Waals surface area contributed by atoms with Crippen LogP contribution in [-0.2, 0) is 16.1 Å². The Kier molecular flexibility index (Phi) is 4.76. The van der Waals surface area contributed by atoms with Gasteiger partial charge in [-0.3, -0.25) is 4.79 Å². The smallest absolute Gasteiger partial charge is 0.254 e. The molecule has 3 rings (SSSR count). The van der Waals surface area contributed by atoms with Gasteiger partial charge in [0, 0.05) is 32.3 Å². The zero-order chi connectivity index (χ0) is 15.5. The Morgan fingerprint density at radius 3 is 3.00 bits per heavy atom. The van der Waals surface area contributed by atoms with E-state index in [-0.39, 0.29) is 18.1 Å². The van der Waals surface area contributed by atoms with E-state index in [1.54, 1.807) is 7.11 Å². The number of fused-ring (bicyclic) bond motifs is 1. The molecule has 2 saturated heterocycles. The van der Waals surface area contributed by atoms with Crippen molar-refractivity contribution >= 4 is 5.91 Å². The molecule has 2 aliphatic rings. The first-order valence-electron chi connectivity index (χ1n) is 7.88. The van der Waals surface area contributed by atoms with E-state index in [0.717, 1.165) is 30.6 Å². The van der Waals surface area contributed by atoms with Crippen molar-refractivity contribution in [2.24, 2.45) is 0 Å². The highest BCUT2D eigenvalue weighted by Gasteiger charge is 2.38. The summed E-state index contributed by atoms with van der Waals surface area (Å²) in [6.45, 7) is 3.66. The van der Waals surface area contributed by atoms with Gasteiger partial charge in [0.05, 0.1) is 25.4 Å². The van der Waals surface area contributed by atoms with Crippen LogP contribution in [0.4, 0.5) is 0 Å². The molecule has 0 aromatic heterocycles. The number of amides is 1. The number of methoxy groups -OCH3 is 1. The Balaban J connectivity index is 1.84. The molecule has 0 spiro atoms. The summed E-state index contributed by atoms with van der Waals surface area (Å²) in [5, 5.41) is 0. The number of ether oxygens (including phenoxy) is 2. The molecule has 2 aliphatic heterocycles. The highest BCUT2D eigenvalue weighted by Crippen LogP contribution is 2.25. The number of piperidine rings is 1. The maximum absolute atomic E-state index is 13.1. The fraction of sp³-hybridized carbons (Fsp3) is 0.588. The van der Waals surface area contributed by atoms with Gasteiger partial charge in [-0.2, -0.15) is 0 Å². The number of likely N-dealkylation sites (tertiary alicyclic amines) is 1. The van der Waals surface area contributed by atoms with E-state index in [1.165, 1.54) is 0 Å². The van der Waals surface area contributed by atoms with Gasteiger partial charge in [-0.1, -0.05) is 18.2 Å². The van der Waals surface area contributed by atoms with Gasteiger partial charge in [0.1, 0.15) is 0 Å². The van der Waals surface area contributed by atoms with Gasteiger partial charge < -0.3 is 19.3 Å². The van der Waals surface area contributed by atoms with Gasteiger partial charge in [-0.15, -0.1) is 0 Å². The fourth-order valence-electron chi connectivity index (χ4n) is 3.45. The Bertz CT molecular complexity index is 534. The van der Waals surface area contributed by atoms with Crippen LogP contribution in [0, 0.1) is 0 Å². The number of carbonyl (C=O) groups is 1. The number of benzene rings is 1. The molecule has 0 radical (unpaired) electrons. The Morgan fingerprint density at radius 2 is 2.18 bits per heavy atom. The van der Waals surface area contributed by atoms with E-state index in [9.17, 15) is 4.79 Å². The number of carbonyl (C=O) groups excluding carboxylic acids is 1. The Labute approximate surface area is 131 Å². The SMILES string of the molecule is COCc1ccccc1C(=O)N1CCO[C@H]2CCN(C)C[C@@H]21. The number of rotatable bonds is 3. The van der Waals surface area contributed by atoms with Gasteiger partial charge >= 0.3 is 0 Å². The van der Waals surface area contributed by atoms with E-state index in [4.69, 9.17) is 9.47 Å². The van der Waals surface area contributed by atoms with E-state index in [0.29, 0.717) is 19.8 Å². The van der Waals surface area contributed by atoms with Gasteiger partial charge in [0.2, 0.25) is 0 Å². The lowest BCUT2D eigenvalue weighted by Gasteiger charge is -2.46. The van der Waals surface area contributed by atoms with Crippen LogP contribution >= 0.6 is 0 Å². The van der Waals surface area contributed by atoms with Crippen molar-refractivity contribution in [3.8, 4) is 0 Å². The molecule has 0 unspecified atom stereocenters. The standard InChI is InChI=1S/C17H24N2O3/c1-18-8-7-16-15(11-18)19(9-10-22-16)17(20)14-6-4-3-5-13(14)12-21-2/h3-6,15-16H,7-12H2,1-2H3/t15-,16-/m0/s1. The van der Waals surface area contributed by atoms with Crippen LogP contribution < -0.4 is 0 Å². The normalized spacial score (nSPS) is 25.8. The molecule has 0 saturated carbocycles. The number of hydrogen-bond acceptors (Lipinski definition) is 4. The summed E-state index contributed by atoms with van der Waals surface area (Å²) in [4.78, 5) is 17.3. The van der Waals surface area contributed by atoms with Crippen molar-refractivity contribution in [2.75, 3.05) is 40.4 Å². The summed E-state index contributed by atoms with van der Waals surface area (Å²) in [7, 11) is 3.76. The molecule has 5 heteroatoms. The second-order valence-electron chi connectivity index (χ2n) is 6.12. The topological polar surface area (TPSA) is 42.0 Å². The van der Waals surface area contributed by atoms with Gasteiger partial charge in [0.15, 0.2) is 0 Å². The molecule has 1 aromatic rings. The predicted molar refractivity (Wildman–Crippen MR) is 83.8 cm³/mol. The largest absolute Gasteiger partial charge is 0.380 e. The van der Waals surface area contributed by atoms with Crippen LogP contribution in [0.25, 0.3) is 0 Å². The number of hydrogen-bond donors (Lipinski definition) is 0. The zero-order valence-corrected chi connectivity index (χ0v) is 13.3. The monoisotopic (exact) mass is 304 g/mol. The van der Waals surface area contributed by atoms with Crippen LogP contribution in [-0.4, -0.2) is 68.3 Å². The molecule has 5 nitrogen and oxygen atoms in total.